The third kappa shape index (κ3) is 5.13. The van der Waals surface area contributed by atoms with Crippen molar-refractivity contribution in [3.05, 3.63) is 33.8 Å². The number of nitrogens with zero attached hydrogens (tertiary/aromatic N) is 1. The Balaban J connectivity index is 1.74. The van der Waals surface area contributed by atoms with Crippen LogP contribution >= 0.6 is 23.2 Å². The van der Waals surface area contributed by atoms with Gasteiger partial charge in [-0.1, -0.05) is 23.2 Å². The maximum Gasteiger partial charge on any atom is 0.251 e. The second kappa shape index (κ2) is 8.73. The predicted octanol–water partition coefficient (Wildman–Crippen LogP) is 3.08. The van der Waals surface area contributed by atoms with E-state index in [0.29, 0.717) is 28.1 Å². The molecule has 1 N–H and O–H groups in total. The SMILES string of the molecule is COCCN1CCC(CNC(=O)c2ccc(Cl)c(Cl)c2)CC1. The maximum absolute atomic E-state index is 12.1. The van der Waals surface area contributed by atoms with Gasteiger partial charge in [-0.05, 0) is 50.0 Å². The van der Waals surface area contributed by atoms with E-state index in [4.69, 9.17) is 27.9 Å². The number of carbonyl (C=O) groups is 1. The zero-order chi connectivity index (χ0) is 15.9. The summed E-state index contributed by atoms with van der Waals surface area (Å²) in [6.07, 6.45) is 2.21. The van der Waals surface area contributed by atoms with E-state index in [9.17, 15) is 4.79 Å². The molecule has 0 atom stereocenters. The molecule has 22 heavy (non-hydrogen) atoms. The lowest BCUT2D eigenvalue weighted by Crippen LogP contribution is -2.39. The number of piperidine rings is 1. The van der Waals surface area contributed by atoms with Gasteiger partial charge in [-0.2, -0.15) is 0 Å². The van der Waals surface area contributed by atoms with Gasteiger partial charge in [0, 0.05) is 25.8 Å². The molecule has 6 heteroatoms. The average molecular weight is 345 g/mol. The van der Waals surface area contributed by atoms with Crippen LogP contribution in [0.1, 0.15) is 23.2 Å². The molecule has 1 aromatic carbocycles. The number of nitrogens with one attached hydrogen (secondary N) is 1. The van der Waals surface area contributed by atoms with E-state index in [1.54, 1.807) is 25.3 Å². The van der Waals surface area contributed by atoms with Gasteiger partial charge in [-0.25, -0.2) is 0 Å². The first-order valence-electron chi connectivity index (χ1n) is 7.54. The summed E-state index contributed by atoms with van der Waals surface area (Å²) in [7, 11) is 1.73. The summed E-state index contributed by atoms with van der Waals surface area (Å²) in [5.74, 6) is 0.436. The molecule has 4 nitrogen and oxygen atoms in total. The number of hydrogen-bond donors (Lipinski definition) is 1. The van der Waals surface area contributed by atoms with Crippen molar-refractivity contribution in [2.45, 2.75) is 12.8 Å². The van der Waals surface area contributed by atoms with Crippen LogP contribution in [0.25, 0.3) is 0 Å². The molecule has 1 fully saturated rings. The first-order chi connectivity index (χ1) is 10.6. The van der Waals surface area contributed by atoms with Gasteiger partial charge >= 0.3 is 0 Å². The lowest BCUT2D eigenvalue weighted by molar-refractivity contribution is 0.0926. The summed E-state index contributed by atoms with van der Waals surface area (Å²) in [4.78, 5) is 14.5. The van der Waals surface area contributed by atoms with Crippen LogP contribution in [0, 0.1) is 5.92 Å². The fourth-order valence-electron chi connectivity index (χ4n) is 2.61. The molecule has 0 aromatic heterocycles. The fraction of sp³-hybridized carbons (Fsp3) is 0.562. The van der Waals surface area contributed by atoms with E-state index < -0.39 is 0 Å². The third-order valence-electron chi connectivity index (χ3n) is 4.05. The number of amides is 1. The minimum Gasteiger partial charge on any atom is -0.383 e. The minimum absolute atomic E-state index is 0.0969. The molecule has 1 heterocycles. The van der Waals surface area contributed by atoms with E-state index in [0.717, 1.165) is 39.1 Å². The Morgan fingerprint density at radius 1 is 1.32 bits per heavy atom. The van der Waals surface area contributed by atoms with Crippen LogP contribution in [0.15, 0.2) is 18.2 Å². The summed E-state index contributed by atoms with van der Waals surface area (Å²) >= 11 is 11.8. The molecule has 0 saturated carbocycles. The Labute approximate surface area is 141 Å². The molecule has 0 bridgehead atoms. The van der Waals surface area contributed by atoms with Crippen LogP contribution < -0.4 is 5.32 Å². The molecule has 1 aliphatic rings. The second-order valence-corrected chi connectivity index (χ2v) is 6.43. The standard InChI is InChI=1S/C16H22Cl2N2O2/c1-22-9-8-20-6-4-12(5-7-20)11-19-16(21)13-2-3-14(17)15(18)10-13/h2-3,10,12H,4-9,11H2,1H3,(H,19,21). The van der Waals surface area contributed by atoms with Gasteiger partial charge < -0.3 is 15.0 Å². The van der Waals surface area contributed by atoms with Crippen molar-refractivity contribution in [1.29, 1.82) is 0 Å². The van der Waals surface area contributed by atoms with Gasteiger partial charge in [0.15, 0.2) is 0 Å². The fourth-order valence-corrected chi connectivity index (χ4v) is 2.91. The highest BCUT2D eigenvalue weighted by Crippen LogP contribution is 2.22. The monoisotopic (exact) mass is 344 g/mol. The van der Waals surface area contributed by atoms with Gasteiger partial charge in [0.05, 0.1) is 16.7 Å². The number of hydrogen-bond acceptors (Lipinski definition) is 3. The Morgan fingerprint density at radius 2 is 2.05 bits per heavy atom. The first-order valence-corrected chi connectivity index (χ1v) is 8.30. The average Bonchev–Trinajstić information content (AvgIpc) is 2.54. The van der Waals surface area contributed by atoms with E-state index in [2.05, 4.69) is 10.2 Å². The number of benzene rings is 1. The van der Waals surface area contributed by atoms with Crippen molar-refractivity contribution in [3.63, 3.8) is 0 Å². The van der Waals surface area contributed by atoms with Gasteiger partial charge in [-0.15, -0.1) is 0 Å². The molecule has 0 radical (unpaired) electrons. The van der Waals surface area contributed by atoms with Crippen LogP contribution in [0.5, 0.6) is 0 Å². The molecule has 1 amide bonds. The number of ether oxygens (including phenoxy) is 1. The van der Waals surface area contributed by atoms with Crippen molar-refractivity contribution in [3.8, 4) is 0 Å². The normalized spacial score (nSPS) is 16.7. The van der Waals surface area contributed by atoms with Crippen molar-refractivity contribution < 1.29 is 9.53 Å². The minimum atomic E-state index is -0.0969. The van der Waals surface area contributed by atoms with Gasteiger partial charge in [-0.3, -0.25) is 4.79 Å². The molecule has 1 aliphatic heterocycles. The molecule has 0 spiro atoms. The van der Waals surface area contributed by atoms with Crippen molar-refractivity contribution in [2.24, 2.45) is 5.92 Å². The number of methoxy groups -OCH3 is 1. The number of carbonyl (C=O) groups excluding carboxylic acids is 1. The van der Waals surface area contributed by atoms with Crippen molar-refractivity contribution >= 4 is 29.1 Å². The molecular formula is C16H22Cl2N2O2. The summed E-state index contributed by atoms with van der Waals surface area (Å²) in [5, 5.41) is 3.85. The number of likely N-dealkylation sites (tertiary alicyclic amines) is 1. The van der Waals surface area contributed by atoms with Crippen LogP contribution in [0.4, 0.5) is 0 Å². The Morgan fingerprint density at radius 3 is 2.68 bits per heavy atom. The zero-order valence-corrected chi connectivity index (χ0v) is 14.3. The third-order valence-corrected chi connectivity index (χ3v) is 4.79. The lowest BCUT2D eigenvalue weighted by Gasteiger charge is -2.31. The van der Waals surface area contributed by atoms with E-state index in [1.165, 1.54) is 0 Å². The Kier molecular flexibility index (Phi) is 6.96. The first kappa shape index (κ1) is 17.5. The summed E-state index contributed by atoms with van der Waals surface area (Å²) in [6, 6.07) is 4.94. The summed E-state index contributed by atoms with van der Waals surface area (Å²) < 4.78 is 5.10. The second-order valence-electron chi connectivity index (χ2n) is 5.62. The highest BCUT2D eigenvalue weighted by atomic mass is 35.5. The Bertz CT molecular complexity index is 503. The van der Waals surface area contributed by atoms with Crippen LogP contribution in [0.3, 0.4) is 0 Å². The van der Waals surface area contributed by atoms with E-state index >= 15 is 0 Å². The molecular weight excluding hydrogens is 323 g/mol. The molecule has 122 valence electrons. The van der Waals surface area contributed by atoms with Crippen LogP contribution in [-0.2, 0) is 4.74 Å². The largest absolute Gasteiger partial charge is 0.383 e. The summed E-state index contributed by atoms with van der Waals surface area (Å²) in [6.45, 7) is 4.60. The van der Waals surface area contributed by atoms with Crippen LogP contribution in [0.2, 0.25) is 10.0 Å². The molecule has 0 unspecified atom stereocenters. The van der Waals surface area contributed by atoms with E-state index in [-0.39, 0.29) is 5.91 Å². The lowest BCUT2D eigenvalue weighted by atomic mass is 9.96. The van der Waals surface area contributed by atoms with Gasteiger partial charge in [0.2, 0.25) is 0 Å². The smallest absolute Gasteiger partial charge is 0.251 e. The van der Waals surface area contributed by atoms with Crippen molar-refractivity contribution in [2.75, 3.05) is 39.9 Å². The zero-order valence-electron chi connectivity index (χ0n) is 12.8. The maximum atomic E-state index is 12.1. The molecule has 0 aliphatic carbocycles. The van der Waals surface area contributed by atoms with E-state index in [1.807, 2.05) is 0 Å². The van der Waals surface area contributed by atoms with Gasteiger partial charge in [0.25, 0.3) is 5.91 Å². The Hall–Kier alpha value is -0.810. The highest BCUT2D eigenvalue weighted by molar-refractivity contribution is 6.42. The topological polar surface area (TPSA) is 41.6 Å². The predicted molar refractivity (Wildman–Crippen MR) is 89.8 cm³/mol. The van der Waals surface area contributed by atoms with Gasteiger partial charge in [0.1, 0.15) is 0 Å². The molecule has 1 saturated heterocycles. The molecule has 1 aromatic rings. The van der Waals surface area contributed by atoms with Crippen molar-refractivity contribution in [1.82, 2.24) is 10.2 Å². The quantitative estimate of drug-likeness (QED) is 0.862. The summed E-state index contributed by atoms with van der Waals surface area (Å²) in [5.41, 5.74) is 0.548. The number of rotatable bonds is 6. The highest BCUT2D eigenvalue weighted by Gasteiger charge is 2.19. The number of halogens is 2. The van der Waals surface area contributed by atoms with Crippen LogP contribution in [-0.4, -0.2) is 50.7 Å². The molecule has 2 rings (SSSR count).